The van der Waals surface area contributed by atoms with E-state index in [2.05, 4.69) is 10.4 Å². The SMILES string of the molecule is CCc1nn(C)cc1C(=O)NC#N. The normalized spacial score (nSPS) is 9.31. The van der Waals surface area contributed by atoms with Crippen molar-refractivity contribution < 1.29 is 4.79 Å². The maximum atomic E-state index is 11.3. The van der Waals surface area contributed by atoms with Crippen molar-refractivity contribution in [3.8, 4) is 6.19 Å². The lowest BCUT2D eigenvalue weighted by Gasteiger charge is -1.94. The number of aromatic nitrogens is 2. The van der Waals surface area contributed by atoms with Gasteiger partial charge in [0.05, 0.1) is 11.3 Å². The van der Waals surface area contributed by atoms with E-state index in [-0.39, 0.29) is 0 Å². The summed E-state index contributed by atoms with van der Waals surface area (Å²) in [6.45, 7) is 1.91. The predicted molar refractivity (Wildman–Crippen MR) is 45.7 cm³/mol. The molecule has 1 heterocycles. The van der Waals surface area contributed by atoms with Crippen molar-refractivity contribution in [3.63, 3.8) is 0 Å². The summed E-state index contributed by atoms with van der Waals surface area (Å²) < 4.78 is 1.56. The van der Waals surface area contributed by atoms with E-state index in [9.17, 15) is 4.79 Å². The third-order valence-electron chi connectivity index (χ3n) is 1.65. The molecule has 0 fully saturated rings. The van der Waals surface area contributed by atoms with Gasteiger partial charge < -0.3 is 0 Å². The fraction of sp³-hybridized carbons (Fsp3) is 0.375. The van der Waals surface area contributed by atoms with Crippen molar-refractivity contribution in [1.82, 2.24) is 15.1 Å². The molecule has 13 heavy (non-hydrogen) atoms. The quantitative estimate of drug-likeness (QED) is 0.519. The molecule has 0 bridgehead atoms. The summed E-state index contributed by atoms with van der Waals surface area (Å²) in [4.78, 5) is 11.3. The van der Waals surface area contributed by atoms with Gasteiger partial charge in [0.1, 0.15) is 0 Å². The van der Waals surface area contributed by atoms with Crippen LogP contribution in [0.3, 0.4) is 0 Å². The van der Waals surface area contributed by atoms with E-state index in [1.165, 1.54) is 0 Å². The number of rotatable bonds is 2. The number of amides is 1. The Balaban J connectivity index is 2.99. The van der Waals surface area contributed by atoms with Crippen molar-refractivity contribution in [2.75, 3.05) is 0 Å². The number of hydrogen-bond acceptors (Lipinski definition) is 3. The largest absolute Gasteiger partial charge is 0.275 e. The fourth-order valence-corrected chi connectivity index (χ4v) is 1.10. The Morgan fingerprint density at radius 1 is 1.85 bits per heavy atom. The first-order valence-electron chi connectivity index (χ1n) is 3.91. The topological polar surface area (TPSA) is 70.7 Å². The van der Waals surface area contributed by atoms with Crippen molar-refractivity contribution in [1.29, 1.82) is 5.26 Å². The molecule has 1 aromatic heterocycles. The third-order valence-corrected chi connectivity index (χ3v) is 1.65. The second-order valence-electron chi connectivity index (χ2n) is 2.58. The third kappa shape index (κ3) is 1.85. The van der Waals surface area contributed by atoms with Gasteiger partial charge in [0, 0.05) is 13.2 Å². The van der Waals surface area contributed by atoms with E-state index in [4.69, 9.17) is 5.26 Å². The van der Waals surface area contributed by atoms with E-state index < -0.39 is 5.91 Å². The molecule has 0 saturated carbocycles. The van der Waals surface area contributed by atoms with Gasteiger partial charge in [-0.25, -0.2) is 0 Å². The number of aryl methyl sites for hydroxylation is 2. The van der Waals surface area contributed by atoms with Crippen LogP contribution in [0.25, 0.3) is 0 Å². The lowest BCUT2D eigenvalue weighted by molar-refractivity contribution is 0.0972. The number of nitrogens with zero attached hydrogens (tertiary/aromatic N) is 3. The molecule has 68 valence electrons. The van der Waals surface area contributed by atoms with E-state index in [0.29, 0.717) is 17.7 Å². The lowest BCUT2D eigenvalue weighted by Crippen LogP contribution is -2.18. The zero-order valence-electron chi connectivity index (χ0n) is 7.53. The van der Waals surface area contributed by atoms with Crippen LogP contribution in [0.5, 0.6) is 0 Å². The van der Waals surface area contributed by atoms with Crippen LogP contribution in [0.2, 0.25) is 0 Å². The van der Waals surface area contributed by atoms with Gasteiger partial charge in [0.15, 0.2) is 6.19 Å². The van der Waals surface area contributed by atoms with Crippen molar-refractivity contribution in [2.45, 2.75) is 13.3 Å². The van der Waals surface area contributed by atoms with Crippen LogP contribution in [0.1, 0.15) is 23.0 Å². The first-order valence-corrected chi connectivity index (χ1v) is 3.91. The molecular formula is C8H10N4O. The van der Waals surface area contributed by atoms with E-state index in [1.807, 2.05) is 6.92 Å². The Morgan fingerprint density at radius 2 is 2.54 bits per heavy atom. The highest BCUT2D eigenvalue weighted by molar-refractivity contribution is 5.95. The second kappa shape index (κ2) is 3.72. The lowest BCUT2D eigenvalue weighted by atomic mass is 10.2. The first kappa shape index (κ1) is 9.26. The number of carbonyl (C=O) groups is 1. The summed E-state index contributed by atoms with van der Waals surface area (Å²) in [5.74, 6) is -0.396. The Hall–Kier alpha value is -1.83. The summed E-state index contributed by atoms with van der Waals surface area (Å²) >= 11 is 0. The van der Waals surface area contributed by atoms with Crippen molar-refractivity contribution >= 4 is 5.91 Å². The van der Waals surface area contributed by atoms with Crippen molar-refractivity contribution in [2.24, 2.45) is 7.05 Å². The minimum atomic E-state index is -0.396. The number of hydrogen-bond donors (Lipinski definition) is 1. The summed E-state index contributed by atoms with van der Waals surface area (Å²) in [7, 11) is 1.74. The van der Waals surface area contributed by atoms with Gasteiger partial charge in [-0.15, -0.1) is 0 Å². The molecule has 0 aliphatic heterocycles. The van der Waals surface area contributed by atoms with Crippen LogP contribution in [-0.4, -0.2) is 15.7 Å². The highest BCUT2D eigenvalue weighted by atomic mass is 16.1. The Morgan fingerprint density at radius 3 is 3.08 bits per heavy atom. The molecule has 0 aromatic carbocycles. The van der Waals surface area contributed by atoms with Gasteiger partial charge in [0.2, 0.25) is 0 Å². The molecule has 0 radical (unpaired) electrons. The summed E-state index contributed by atoms with van der Waals surface area (Å²) in [5, 5.41) is 14.4. The van der Waals surface area contributed by atoms with E-state index >= 15 is 0 Å². The predicted octanol–water partition coefficient (Wildman–Crippen LogP) is 0.193. The zero-order valence-corrected chi connectivity index (χ0v) is 7.53. The van der Waals surface area contributed by atoms with Crippen LogP contribution in [-0.2, 0) is 13.5 Å². The first-order chi connectivity index (χ1) is 6.19. The van der Waals surface area contributed by atoms with Crippen LogP contribution < -0.4 is 5.32 Å². The maximum absolute atomic E-state index is 11.3. The van der Waals surface area contributed by atoms with Gasteiger partial charge in [0.25, 0.3) is 5.91 Å². The molecule has 0 atom stereocenters. The standard InChI is InChI=1S/C8H10N4O/c1-3-7-6(4-12(2)11-7)8(13)10-5-9/h4H,3H2,1-2H3,(H,10,13). The molecule has 0 unspecified atom stereocenters. The molecule has 1 aromatic rings. The van der Waals surface area contributed by atoms with Gasteiger partial charge >= 0.3 is 0 Å². The molecule has 0 spiro atoms. The summed E-state index contributed by atoms with van der Waals surface area (Å²) in [6, 6.07) is 0. The molecule has 0 aliphatic carbocycles. The number of nitrogens with one attached hydrogen (secondary N) is 1. The molecule has 0 saturated heterocycles. The summed E-state index contributed by atoms with van der Waals surface area (Å²) in [5.41, 5.74) is 1.17. The Kier molecular flexibility index (Phi) is 2.65. The van der Waals surface area contributed by atoms with Gasteiger partial charge in [-0.05, 0) is 6.42 Å². The van der Waals surface area contributed by atoms with E-state index in [1.54, 1.807) is 24.1 Å². The molecular weight excluding hydrogens is 168 g/mol. The van der Waals surface area contributed by atoms with Gasteiger partial charge in [-0.2, -0.15) is 10.4 Å². The average molecular weight is 178 g/mol. The molecule has 5 heteroatoms. The smallest absolute Gasteiger partial charge is 0.267 e. The molecule has 0 aliphatic rings. The van der Waals surface area contributed by atoms with E-state index in [0.717, 1.165) is 0 Å². The molecule has 1 N–H and O–H groups in total. The zero-order chi connectivity index (χ0) is 9.84. The minimum absolute atomic E-state index is 0.396. The molecule has 1 rings (SSSR count). The maximum Gasteiger partial charge on any atom is 0.267 e. The minimum Gasteiger partial charge on any atom is -0.275 e. The molecule has 5 nitrogen and oxygen atoms in total. The van der Waals surface area contributed by atoms with Gasteiger partial charge in [-0.1, -0.05) is 6.92 Å². The summed E-state index contributed by atoms with van der Waals surface area (Å²) in [6.07, 6.45) is 3.87. The van der Waals surface area contributed by atoms with Crippen LogP contribution in [0.15, 0.2) is 6.20 Å². The second-order valence-corrected chi connectivity index (χ2v) is 2.58. The average Bonchev–Trinajstić information content (AvgIpc) is 2.47. The van der Waals surface area contributed by atoms with Crippen LogP contribution in [0, 0.1) is 11.5 Å². The Labute approximate surface area is 76.0 Å². The Bertz CT molecular complexity index is 361. The van der Waals surface area contributed by atoms with Crippen LogP contribution in [0.4, 0.5) is 0 Å². The number of nitriles is 1. The van der Waals surface area contributed by atoms with Crippen LogP contribution >= 0.6 is 0 Å². The highest BCUT2D eigenvalue weighted by Crippen LogP contribution is 2.06. The fourth-order valence-electron chi connectivity index (χ4n) is 1.10. The number of carbonyl (C=O) groups excluding carboxylic acids is 1. The highest BCUT2D eigenvalue weighted by Gasteiger charge is 2.13. The monoisotopic (exact) mass is 178 g/mol. The molecule has 1 amide bonds. The van der Waals surface area contributed by atoms with Crippen molar-refractivity contribution in [3.05, 3.63) is 17.5 Å². The van der Waals surface area contributed by atoms with Gasteiger partial charge in [-0.3, -0.25) is 14.8 Å².